The molecule has 1 saturated heterocycles. The molecule has 0 aromatic heterocycles. The van der Waals surface area contributed by atoms with E-state index in [0.29, 0.717) is 29.8 Å². The van der Waals surface area contributed by atoms with E-state index in [1.54, 1.807) is 12.1 Å². The van der Waals surface area contributed by atoms with E-state index in [1.165, 1.54) is 17.5 Å². The maximum absolute atomic E-state index is 12.6. The number of sulfonamides is 1. The van der Waals surface area contributed by atoms with Gasteiger partial charge in [-0.2, -0.15) is 4.31 Å². The number of nitrogens with one attached hydrogen (secondary N) is 1. The lowest BCUT2D eigenvalue weighted by Gasteiger charge is -2.31. The van der Waals surface area contributed by atoms with Crippen molar-refractivity contribution in [3.05, 3.63) is 23.2 Å². The Morgan fingerprint density at radius 3 is 2.57 bits per heavy atom. The quantitative estimate of drug-likeness (QED) is 0.895. The topological polar surface area (TPSA) is 58.6 Å². The minimum absolute atomic E-state index is 0.223. The first-order chi connectivity index (χ1) is 9.98. The molecule has 5 nitrogen and oxygen atoms in total. The lowest BCUT2D eigenvalue weighted by molar-refractivity contribution is 0.270. The van der Waals surface area contributed by atoms with E-state index in [4.69, 9.17) is 16.3 Å². The van der Waals surface area contributed by atoms with Crippen LogP contribution in [0.5, 0.6) is 5.75 Å². The summed E-state index contributed by atoms with van der Waals surface area (Å²) in [6, 6.07) is 4.58. The zero-order chi connectivity index (χ0) is 15.5. The smallest absolute Gasteiger partial charge is 0.243 e. The average molecular weight is 333 g/mol. The molecule has 2 rings (SSSR count). The molecule has 1 N–H and O–H groups in total. The van der Waals surface area contributed by atoms with Crippen LogP contribution in [0.4, 0.5) is 0 Å². The van der Waals surface area contributed by atoms with E-state index in [2.05, 4.69) is 5.32 Å². The molecule has 0 radical (unpaired) electrons. The van der Waals surface area contributed by atoms with E-state index < -0.39 is 10.0 Å². The highest BCUT2D eigenvalue weighted by molar-refractivity contribution is 7.89. The normalized spacial score (nSPS) is 17.9. The summed E-state index contributed by atoms with van der Waals surface area (Å²) in [5.41, 5.74) is 0. The van der Waals surface area contributed by atoms with E-state index in [-0.39, 0.29) is 4.90 Å². The minimum atomic E-state index is -3.47. The Bertz CT molecular complexity index is 584. The molecule has 21 heavy (non-hydrogen) atoms. The molecule has 0 saturated carbocycles. The zero-order valence-electron chi connectivity index (χ0n) is 12.3. The fourth-order valence-corrected chi connectivity index (χ4v) is 4.42. The first-order valence-electron chi connectivity index (χ1n) is 6.97. The van der Waals surface area contributed by atoms with Crippen molar-refractivity contribution in [3.8, 4) is 5.75 Å². The van der Waals surface area contributed by atoms with Gasteiger partial charge in [0.2, 0.25) is 10.0 Å². The number of benzene rings is 1. The van der Waals surface area contributed by atoms with Gasteiger partial charge in [0.15, 0.2) is 0 Å². The van der Waals surface area contributed by atoms with Crippen molar-refractivity contribution in [1.29, 1.82) is 0 Å². The van der Waals surface area contributed by atoms with Crippen LogP contribution in [0.2, 0.25) is 5.02 Å². The third kappa shape index (κ3) is 3.69. The molecule has 0 aliphatic carbocycles. The van der Waals surface area contributed by atoms with Crippen LogP contribution in [0, 0.1) is 5.92 Å². The largest absolute Gasteiger partial charge is 0.495 e. The van der Waals surface area contributed by atoms with Crippen LogP contribution in [-0.2, 0) is 10.0 Å². The standard InChI is InChI=1S/C14H21ClN2O3S/c1-16-10-11-5-7-17(8-6-11)21(18,19)12-3-4-14(20-2)13(15)9-12/h3-4,9,11,16H,5-8,10H2,1-2H3. The molecule has 1 aromatic carbocycles. The number of hydrogen-bond acceptors (Lipinski definition) is 4. The predicted molar refractivity (Wildman–Crippen MR) is 83.4 cm³/mol. The molecule has 1 fully saturated rings. The number of ether oxygens (including phenoxy) is 1. The highest BCUT2D eigenvalue weighted by atomic mass is 35.5. The number of nitrogens with zero attached hydrogens (tertiary/aromatic N) is 1. The molecule has 1 aliphatic heterocycles. The van der Waals surface area contributed by atoms with E-state index in [9.17, 15) is 8.42 Å². The fourth-order valence-electron chi connectivity index (χ4n) is 2.60. The minimum Gasteiger partial charge on any atom is -0.495 e. The summed E-state index contributed by atoms with van der Waals surface area (Å²) < 4.78 is 31.8. The second-order valence-corrected chi connectivity index (χ2v) is 7.55. The summed E-state index contributed by atoms with van der Waals surface area (Å²) in [5.74, 6) is 1.02. The van der Waals surface area contributed by atoms with Crippen LogP contribution in [0.1, 0.15) is 12.8 Å². The lowest BCUT2D eigenvalue weighted by atomic mass is 9.98. The molecular formula is C14H21ClN2O3S. The predicted octanol–water partition coefficient (Wildman–Crippen LogP) is 1.97. The fraction of sp³-hybridized carbons (Fsp3) is 0.571. The maximum Gasteiger partial charge on any atom is 0.243 e. The summed E-state index contributed by atoms with van der Waals surface area (Å²) in [4.78, 5) is 0.223. The van der Waals surface area contributed by atoms with Crippen LogP contribution < -0.4 is 10.1 Å². The number of halogens is 1. The van der Waals surface area contributed by atoms with Gasteiger partial charge in [0.1, 0.15) is 5.75 Å². The van der Waals surface area contributed by atoms with Crippen molar-refractivity contribution < 1.29 is 13.2 Å². The first-order valence-corrected chi connectivity index (χ1v) is 8.79. The maximum atomic E-state index is 12.6. The summed E-state index contributed by atoms with van der Waals surface area (Å²) in [5, 5.41) is 3.45. The Kier molecular flexibility index (Phi) is 5.48. The Morgan fingerprint density at radius 1 is 1.38 bits per heavy atom. The molecule has 0 unspecified atom stereocenters. The molecule has 1 aromatic rings. The Labute approximate surface area is 131 Å². The zero-order valence-corrected chi connectivity index (χ0v) is 13.9. The van der Waals surface area contributed by atoms with Gasteiger partial charge in [0, 0.05) is 13.1 Å². The highest BCUT2D eigenvalue weighted by Crippen LogP contribution is 2.30. The van der Waals surface area contributed by atoms with Gasteiger partial charge in [0.05, 0.1) is 17.0 Å². The van der Waals surface area contributed by atoms with Crippen molar-refractivity contribution in [3.63, 3.8) is 0 Å². The Morgan fingerprint density at radius 2 is 2.05 bits per heavy atom. The lowest BCUT2D eigenvalue weighted by Crippen LogP contribution is -2.40. The summed E-state index contributed by atoms with van der Waals surface area (Å²) in [6.45, 7) is 2.04. The van der Waals surface area contributed by atoms with Crippen LogP contribution >= 0.6 is 11.6 Å². The Balaban J connectivity index is 2.14. The average Bonchev–Trinajstić information content (AvgIpc) is 2.48. The molecular weight excluding hydrogens is 312 g/mol. The molecule has 0 bridgehead atoms. The van der Waals surface area contributed by atoms with Gasteiger partial charge >= 0.3 is 0 Å². The summed E-state index contributed by atoms with van der Waals surface area (Å²) in [6.07, 6.45) is 1.76. The second kappa shape index (κ2) is 6.96. The van der Waals surface area contributed by atoms with Gasteiger partial charge < -0.3 is 10.1 Å². The number of methoxy groups -OCH3 is 1. The van der Waals surface area contributed by atoms with Crippen molar-refractivity contribution in [2.45, 2.75) is 17.7 Å². The van der Waals surface area contributed by atoms with E-state index in [0.717, 1.165) is 19.4 Å². The molecule has 118 valence electrons. The van der Waals surface area contributed by atoms with Crippen LogP contribution in [0.3, 0.4) is 0 Å². The van der Waals surface area contributed by atoms with Gasteiger partial charge in [0.25, 0.3) is 0 Å². The molecule has 1 aliphatic rings. The van der Waals surface area contributed by atoms with Crippen molar-refractivity contribution in [1.82, 2.24) is 9.62 Å². The van der Waals surface area contributed by atoms with Gasteiger partial charge in [-0.05, 0) is 50.6 Å². The number of rotatable bonds is 5. The molecule has 7 heteroatoms. The molecule has 0 spiro atoms. The van der Waals surface area contributed by atoms with Crippen molar-refractivity contribution >= 4 is 21.6 Å². The van der Waals surface area contributed by atoms with E-state index in [1.807, 2.05) is 7.05 Å². The monoisotopic (exact) mass is 332 g/mol. The van der Waals surface area contributed by atoms with Gasteiger partial charge in [-0.1, -0.05) is 11.6 Å². The molecule has 1 heterocycles. The van der Waals surface area contributed by atoms with Crippen LogP contribution in [0.15, 0.2) is 23.1 Å². The van der Waals surface area contributed by atoms with Crippen LogP contribution in [-0.4, -0.2) is 46.5 Å². The Hall–Kier alpha value is -0.820. The number of piperidine rings is 1. The van der Waals surface area contributed by atoms with Gasteiger partial charge in [-0.25, -0.2) is 8.42 Å². The van der Waals surface area contributed by atoms with Crippen molar-refractivity contribution in [2.24, 2.45) is 5.92 Å². The third-order valence-electron chi connectivity index (χ3n) is 3.83. The molecule has 0 amide bonds. The molecule has 0 atom stereocenters. The highest BCUT2D eigenvalue weighted by Gasteiger charge is 2.29. The SMILES string of the molecule is CNCC1CCN(S(=O)(=O)c2ccc(OC)c(Cl)c2)CC1. The third-order valence-corrected chi connectivity index (χ3v) is 6.02. The van der Waals surface area contributed by atoms with E-state index >= 15 is 0 Å². The number of hydrogen-bond donors (Lipinski definition) is 1. The van der Waals surface area contributed by atoms with Gasteiger partial charge in [-0.15, -0.1) is 0 Å². The second-order valence-electron chi connectivity index (χ2n) is 5.20. The van der Waals surface area contributed by atoms with Crippen LogP contribution in [0.25, 0.3) is 0 Å². The first kappa shape index (κ1) is 16.5. The summed E-state index contributed by atoms with van der Waals surface area (Å²) in [7, 11) is -0.0539. The van der Waals surface area contributed by atoms with Crippen molar-refractivity contribution in [2.75, 3.05) is 33.8 Å². The summed E-state index contributed by atoms with van der Waals surface area (Å²) >= 11 is 6.02. The van der Waals surface area contributed by atoms with Gasteiger partial charge in [-0.3, -0.25) is 0 Å².